The standard InChI is InChI=1S/C24H26N6/c1-2-21-16-23(28-24(27-21)22-6-3-4-11-26-22)30-13-5-12-29(14-15-30)18-20-9-7-19(17-25)8-10-20/h3-4,6-11,16H,2,5,12-15,18H2,1H3. The van der Waals surface area contributed by atoms with Crippen molar-refractivity contribution in [2.75, 3.05) is 31.1 Å². The number of pyridine rings is 1. The van der Waals surface area contributed by atoms with Gasteiger partial charge in [-0.15, -0.1) is 0 Å². The molecule has 1 aliphatic heterocycles. The summed E-state index contributed by atoms with van der Waals surface area (Å²) in [7, 11) is 0. The van der Waals surface area contributed by atoms with E-state index in [1.54, 1.807) is 6.20 Å². The average Bonchev–Trinajstić information content (AvgIpc) is 3.05. The highest BCUT2D eigenvalue weighted by Crippen LogP contribution is 2.21. The Hall–Kier alpha value is -3.30. The van der Waals surface area contributed by atoms with Crippen molar-refractivity contribution in [3.05, 3.63) is 71.5 Å². The van der Waals surface area contributed by atoms with Crippen LogP contribution in [0.3, 0.4) is 0 Å². The molecule has 1 fully saturated rings. The lowest BCUT2D eigenvalue weighted by Crippen LogP contribution is -2.31. The van der Waals surface area contributed by atoms with Gasteiger partial charge in [-0.3, -0.25) is 9.88 Å². The van der Waals surface area contributed by atoms with Crippen molar-refractivity contribution in [1.82, 2.24) is 19.9 Å². The zero-order valence-corrected chi connectivity index (χ0v) is 17.3. The van der Waals surface area contributed by atoms with E-state index in [0.717, 1.165) is 62.8 Å². The third-order valence-electron chi connectivity index (χ3n) is 5.42. The van der Waals surface area contributed by atoms with E-state index in [0.29, 0.717) is 11.4 Å². The maximum Gasteiger partial charge on any atom is 0.180 e. The normalized spacial score (nSPS) is 14.9. The lowest BCUT2D eigenvalue weighted by Gasteiger charge is -2.23. The van der Waals surface area contributed by atoms with Gasteiger partial charge >= 0.3 is 0 Å². The number of aromatic nitrogens is 3. The predicted molar refractivity (Wildman–Crippen MR) is 118 cm³/mol. The Morgan fingerprint density at radius 1 is 1.00 bits per heavy atom. The minimum atomic E-state index is 0.698. The SMILES string of the molecule is CCc1cc(N2CCCN(Cc3ccc(C#N)cc3)CC2)nc(-c2ccccn2)n1. The van der Waals surface area contributed by atoms with Gasteiger partial charge < -0.3 is 4.90 Å². The zero-order chi connectivity index (χ0) is 20.8. The van der Waals surface area contributed by atoms with Crippen LogP contribution in [-0.2, 0) is 13.0 Å². The van der Waals surface area contributed by atoms with Gasteiger partial charge in [0, 0.05) is 50.7 Å². The number of hydrogen-bond acceptors (Lipinski definition) is 6. The largest absolute Gasteiger partial charge is 0.355 e. The van der Waals surface area contributed by atoms with Crippen molar-refractivity contribution in [3.8, 4) is 17.6 Å². The van der Waals surface area contributed by atoms with E-state index < -0.39 is 0 Å². The molecule has 6 nitrogen and oxygen atoms in total. The molecule has 0 radical (unpaired) electrons. The topological polar surface area (TPSA) is 68.9 Å². The van der Waals surface area contributed by atoms with E-state index in [-0.39, 0.29) is 0 Å². The molecule has 3 heterocycles. The Morgan fingerprint density at radius 2 is 1.87 bits per heavy atom. The molecular formula is C24H26N6. The third-order valence-corrected chi connectivity index (χ3v) is 5.42. The highest BCUT2D eigenvalue weighted by molar-refractivity contribution is 5.53. The smallest absolute Gasteiger partial charge is 0.180 e. The second kappa shape index (κ2) is 9.47. The molecule has 0 spiro atoms. The van der Waals surface area contributed by atoms with Crippen molar-refractivity contribution >= 4 is 5.82 Å². The van der Waals surface area contributed by atoms with Crippen molar-refractivity contribution in [2.45, 2.75) is 26.3 Å². The van der Waals surface area contributed by atoms with Crippen LogP contribution in [0.5, 0.6) is 0 Å². The lowest BCUT2D eigenvalue weighted by molar-refractivity contribution is 0.285. The Bertz CT molecular complexity index is 1010. The lowest BCUT2D eigenvalue weighted by atomic mass is 10.1. The van der Waals surface area contributed by atoms with Gasteiger partial charge in [-0.2, -0.15) is 5.26 Å². The van der Waals surface area contributed by atoms with Gasteiger partial charge in [-0.25, -0.2) is 9.97 Å². The van der Waals surface area contributed by atoms with Crippen LogP contribution in [0.4, 0.5) is 5.82 Å². The first-order valence-corrected chi connectivity index (χ1v) is 10.5. The fraction of sp³-hybridized carbons (Fsp3) is 0.333. The monoisotopic (exact) mass is 398 g/mol. The van der Waals surface area contributed by atoms with Crippen LogP contribution in [0.15, 0.2) is 54.7 Å². The van der Waals surface area contributed by atoms with E-state index in [2.05, 4.69) is 46.0 Å². The van der Waals surface area contributed by atoms with Gasteiger partial charge in [0.05, 0.1) is 11.6 Å². The number of aryl methyl sites for hydroxylation is 1. The summed E-state index contributed by atoms with van der Waals surface area (Å²) < 4.78 is 0. The van der Waals surface area contributed by atoms with Crippen LogP contribution in [0, 0.1) is 11.3 Å². The minimum absolute atomic E-state index is 0.698. The molecule has 0 aliphatic carbocycles. The predicted octanol–water partition coefficient (Wildman–Crippen LogP) is 3.68. The summed E-state index contributed by atoms with van der Waals surface area (Å²) in [5, 5.41) is 8.97. The second-order valence-electron chi connectivity index (χ2n) is 7.54. The van der Waals surface area contributed by atoms with Gasteiger partial charge in [0.15, 0.2) is 5.82 Å². The Balaban J connectivity index is 1.48. The molecule has 3 aromatic rings. The average molecular weight is 399 g/mol. The highest BCUT2D eigenvalue weighted by atomic mass is 15.3. The first-order valence-electron chi connectivity index (χ1n) is 10.5. The molecule has 152 valence electrons. The quantitative estimate of drug-likeness (QED) is 0.653. The van der Waals surface area contributed by atoms with Crippen LogP contribution in [-0.4, -0.2) is 46.0 Å². The van der Waals surface area contributed by atoms with Gasteiger partial charge in [-0.1, -0.05) is 25.1 Å². The molecule has 0 unspecified atom stereocenters. The van der Waals surface area contributed by atoms with Crippen LogP contribution in [0.2, 0.25) is 0 Å². The van der Waals surface area contributed by atoms with Crippen molar-refractivity contribution < 1.29 is 0 Å². The molecule has 0 bridgehead atoms. The molecule has 1 saturated heterocycles. The third kappa shape index (κ3) is 4.81. The van der Waals surface area contributed by atoms with Crippen LogP contribution in [0.1, 0.15) is 30.2 Å². The number of anilines is 1. The van der Waals surface area contributed by atoms with Gasteiger partial charge in [0.25, 0.3) is 0 Å². The molecule has 30 heavy (non-hydrogen) atoms. The fourth-order valence-corrected chi connectivity index (χ4v) is 3.74. The van der Waals surface area contributed by atoms with Crippen LogP contribution < -0.4 is 4.90 Å². The molecule has 4 rings (SSSR count). The van der Waals surface area contributed by atoms with Crippen molar-refractivity contribution in [1.29, 1.82) is 5.26 Å². The highest BCUT2D eigenvalue weighted by Gasteiger charge is 2.18. The second-order valence-corrected chi connectivity index (χ2v) is 7.54. The molecule has 0 amide bonds. The molecule has 0 N–H and O–H groups in total. The molecule has 1 aliphatic rings. The van der Waals surface area contributed by atoms with E-state index in [1.165, 1.54) is 5.56 Å². The minimum Gasteiger partial charge on any atom is -0.355 e. The maximum atomic E-state index is 8.97. The Labute approximate surface area is 177 Å². The first-order chi connectivity index (χ1) is 14.7. The van der Waals surface area contributed by atoms with E-state index in [4.69, 9.17) is 15.2 Å². The fourth-order valence-electron chi connectivity index (χ4n) is 3.74. The molecular weight excluding hydrogens is 372 g/mol. The summed E-state index contributed by atoms with van der Waals surface area (Å²) in [6.07, 6.45) is 3.73. The van der Waals surface area contributed by atoms with Gasteiger partial charge in [0.1, 0.15) is 11.5 Å². The van der Waals surface area contributed by atoms with E-state index in [9.17, 15) is 0 Å². The molecule has 0 saturated carbocycles. The van der Waals surface area contributed by atoms with Crippen LogP contribution in [0.25, 0.3) is 11.5 Å². The molecule has 6 heteroatoms. The molecule has 1 aromatic carbocycles. The summed E-state index contributed by atoms with van der Waals surface area (Å²) in [5.41, 5.74) is 3.81. The van der Waals surface area contributed by atoms with Crippen molar-refractivity contribution in [3.63, 3.8) is 0 Å². The zero-order valence-electron chi connectivity index (χ0n) is 17.3. The number of rotatable bonds is 5. The van der Waals surface area contributed by atoms with E-state index >= 15 is 0 Å². The summed E-state index contributed by atoms with van der Waals surface area (Å²) in [4.78, 5) is 18.8. The summed E-state index contributed by atoms with van der Waals surface area (Å²) in [6, 6.07) is 18.0. The number of nitriles is 1. The number of nitrogens with zero attached hydrogens (tertiary/aromatic N) is 6. The molecule has 0 atom stereocenters. The van der Waals surface area contributed by atoms with Crippen LogP contribution >= 0.6 is 0 Å². The molecule has 2 aromatic heterocycles. The van der Waals surface area contributed by atoms with Crippen molar-refractivity contribution in [2.24, 2.45) is 0 Å². The summed E-state index contributed by atoms with van der Waals surface area (Å²) >= 11 is 0. The summed E-state index contributed by atoms with van der Waals surface area (Å²) in [6.45, 7) is 6.96. The number of hydrogen-bond donors (Lipinski definition) is 0. The van der Waals surface area contributed by atoms with Gasteiger partial charge in [-0.05, 0) is 42.7 Å². The summed E-state index contributed by atoms with van der Waals surface area (Å²) in [5.74, 6) is 1.69. The number of benzene rings is 1. The Kier molecular flexibility index (Phi) is 6.31. The maximum absolute atomic E-state index is 8.97. The Morgan fingerprint density at radius 3 is 2.60 bits per heavy atom. The van der Waals surface area contributed by atoms with E-state index in [1.807, 2.05) is 30.3 Å². The first kappa shape index (κ1) is 20.0. The van der Waals surface area contributed by atoms with Gasteiger partial charge in [0.2, 0.25) is 0 Å².